The predicted molar refractivity (Wildman–Crippen MR) is 69.9 cm³/mol. The van der Waals surface area contributed by atoms with Crippen LogP contribution < -0.4 is 0 Å². The minimum atomic E-state index is 0.158. The number of nitrogens with zero attached hydrogens (tertiary/aromatic N) is 4. The second-order valence-electron chi connectivity index (χ2n) is 5.67. The van der Waals surface area contributed by atoms with Crippen molar-refractivity contribution in [3.05, 3.63) is 10.4 Å². The molecule has 1 amide bonds. The number of hydrogen-bond acceptors (Lipinski definition) is 2. The van der Waals surface area contributed by atoms with Gasteiger partial charge in [0.15, 0.2) is 0 Å². The van der Waals surface area contributed by atoms with Crippen LogP contribution in [-0.2, 0) is 4.79 Å². The molecular formula is C13H22N4O. The molecule has 0 saturated heterocycles. The van der Waals surface area contributed by atoms with Crippen molar-refractivity contribution in [3.63, 3.8) is 0 Å². The van der Waals surface area contributed by atoms with Gasteiger partial charge in [-0.05, 0) is 56.4 Å². The zero-order valence-electron chi connectivity index (χ0n) is 11.1. The zero-order chi connectivity index (χ0) is 13.0. The second-order valence-corrected chi connectivity index (χ2v) is 5.67. The Kier molecular flexibility index (Phi) is 4.48. The Bertz CT molecular complexity index is 339. The summed E-state index contributed by atoms with van der Waals surface area (Å²) in [5, 5.41) is 3.77. The van der Waals surface area contributed by atoms with Crippen LogP contribution in [0.5, 0.6) is 0 Å². The molecule has 0 atom stereocenters. The van der Waals surface area contributed by atoms with E-state index in [0.717, 1.165) is 25.7 Å². The molecule has 2 saturated carbocycles. The molecule has 2 fully saturated rings. The van der Waals surface area contributed by atoms with E-state index in [9.17, 15) is 4.79 Å². The minimum Gasteiger partial charge on any atom is -0.343 e. The van der Waals surface area contributed by atoms with Gasteiger partial charge in [0.25, 0.3) is 0 Å². The molecule has 0 N–H and O–H groups in total. The van der Waals surface area contributed by atoms with Crippen molar-refractivity contribution in [1.82, 2.24) is 4.90 Å². The SMILES string of the molecule is CN(C(=O)CC1CCC(N=[N+]=[N-])CC1)C1CCC1. The Morgan fingerprint density at radius 3 is 2.44 bits per heavy atom. The van der Waals surface area contributed by atoms with Gasteiger partial charge in [0.05, 0.1) is 0 Å². The number of amides is 1. The minimum absolute atomic E-state index is 0.158. The van der Waals surface area contributed by atoms with Crippen LogP contribution in [0.25, 0.3) is 10.4 Å². The molecule has 2 aliphatic rings. The van der Waals surface area contributed by atoms with E-state index in [-0.39, 0.29) is 6.04 Å². The molecule has 0 aliphatic heterocycles. The third-order valence-corrected chi connectivity index (χ3v) is 4.51. The summed E-state index contributed by atoms with van der Waals surface area (Å²) in [6, 6.07) is 0.655. The van der Waals surface area contributed by atoms with E-state index in [1.807, 2.05) is 11.9 Å². The summed E-state index contributed by atoms with van der Waals surface area (Å²) in [5.41, 5.74) is 8.39. The van der Waals surface area contributed by atoms with Gasteiger partial charge in [0.1, 0.15) is 0 Å². The van der Waals surface area contributed by atoms with E-state index >= 15 is 0 Å². The van der Waals surface area contributed by atoms with Gasteiger partial charge in [-0.15, -0.1) is 0 Å². The van der Waals surface area contributed by atoms with Gasteiger partial charge in [0.2, 0.25) is 5.91 Å². The van der Waals surface area contributed by atoms with Crippen molar-refractivity contribution in [2.75, 3.05) is 7.05 Å². The normalized spacial score (nSPS) is 28.1. The first-order valence-electron chi connectivity index (χ1n) is 7.00. The lowest BCUT2D eigenvalue weighted by atomic mass is 9.83. The zero-order valence-corrected chi connectivity index (χ0v) is 11.1. The van der Waals surface area contributed by atoms with E-state index in [2.05, 4.69) is 10.0 Å². The summed E-state index contributed by atoms with van der Waals surface area (Å²) in [5.74, 6) is 0.789. The molecule has 0 spiro atoms. The molecule has 0 heterocycles. The lowest BCUT2D eigenvalue weighted by molar-refractivity contribution is -0.134. The molecule has 2 rings (SSSR count). The highest BCUT2D eigenvalue weighted by molar-refractivity contribution is 5.76. The van der Waals surface area contributed by atoms with Gasteiger partial charge in [0, 0.05) is 30.5 Å². The van der Waals surface area contributed by atoms with Crippen LogP contribution in [-0.4, -0.2) is 29.9 Å². The van der Waals surface area contributed by atoms with Crippen LogP contribution in [0.15, 0.2) is 5.11 Å². The quantitative estimate of drug-likeness (QED) is 0.429. The van der Waals surface area contributed by atoms with Gasteiger partial charge < -0.3 is 4.90 Å². The Hall–Kier alpha value is -1.22. The van der Waals surface area contributed by atoms with Gasteiger partial charge in [-0.3, -0.25) is 4.79 Å². The van der Waals surface area contributed by atoms with Crippen molar-refractivity contribution in [3.8, 4) is 0 Å². The Morgan fingerprint density at radius 2 is 1.94 bits per heavy atom. The Morgan fingerprint density at radius 1 is 1.28 bits per heavy atom. The van der Waals surface area contributed by atoms with Crippen LogP contribution in [0.3, 0.4) is 0 Å². The number of rotatable bonds is 4. The van der Waals surface area contributed by atoms with E-state index in [1.165, 1.54) is 19.3 Å². The van der Waals surface area contributed by atoms with Crippen molar-refractivity contribution < 1.29 is 4.79 Å². The third kappa shape index (κ3) is 3.16. The molecule has 0 radical (unpaired) electrons. The first-order valence-corrected chi connectivity index (χ1v) is 7.00. The number of carbonyl (C=O) groups excluding carboxylic acids is 1. The molecule has 5 heteroatoms. The maximum atomic E-state index is 12.1. The van der Waals surface area contributed by atoms with E-state index < -0.39 is 0 Å². The van der Waals surface area contributed by atoms with Crippen LogP contribution in [0.2, 0.25) is 0 Å². The summed E-state index contributed by atoms with van der Waals surface area (Å²) in [7, 11) is 1.94. The largest absolute Gasteiger partial charge is 0.343 e. The fraction of sp³-hybridized carbons (Fsp3) is 0.923. The molecule has 0 aromatic rings. The monoisotopic (exact) mass is 250 g/mol. The second kappa shape index (κ2) is 6.10. The summed E-state index contributed by atoms with van der Waals surface area (Å²) in [4.78, 5) is 16.9. The summed E-state index contributed by atoms with van der Waals surface area (Å²) < 4.78 is 0. The van der Waals surface area contributed by atoms with E-state index in [0.29, 0.717) is 24.3 Å². The average molecular weight is 250 g/mol. The topological polar surface area (TPSA) is 69.1 Å². The van der Waals surface area contributed by atoms with E-state index in [4.69, 9.17) is 5.53 Å². The van der Waals surface area contributed by atoms with Crippen molar-refractivity contribution in [2.24, 2.45) is 11.0 Å². The third-order valence-electron chi connectivity index (χ3n) is 4.51. The highest BCUT2D eigenvalue weighted by atomic mass is 16.2. The maximum Gasteiger partial charge on any atom is 0.222 e. The van der Waals surface area contributed by atoms with Gasteiger partial charge in [-0.1, -0.05) is 5.11 Å². The molecular weight excluding hydrogens is 228 g/mol. The van der Waals surface area contributed by atoms with Crippen LogP contribution in [0.4, 0.5) is 0 Å². The lowest BCUT2D eigenvalue weighted by Crippen LogP contribution is -2.42. The van der Waals surface area contributed by atoms with Crippen molar-refractivity contribution in [1.29, 1.82) is 0 Å². The molecule has 2 aliphatic carbocycles. The molecule has 0 bridgehead atoms. The van der Waals surface area contributed by atoms with Gasteiger partial charge in [-0.2, -0.15) is 0 Å². The highest BCUT2D eigenvalue weighted by Crippen LogP contribution is 2.30. The van der Waals surface area contributed by atoms with E-state index in [1.54, 1.807) is 0 Å². The van der Waals surface area contributed by atoms with Crippen LogP contribution in [0.1, 0.15) is 51.4 Å². The summed E-state index contributed by atoms with van der Waals surface area (Å²) in [6.45, 7) is 0. The molecule has 0 aromatic heterocycles. The molecule has 0 unspecified atom stereocenters. The first-order chi connectivity index (χ1) is 8.70. The van der Waals surface area contributed by atoms with Gasteiger partial charge in [-0.25, -0.2) is 0 Å². The Balaban J connectivity index is 1.73. The molecule has 18 heavy (non-hydrogen) atoms. The average Bonchev–Trinajstić information content (AvgIpc) is 2.29. The molecule has 5 nitrogen and oxygen atoms in total. The van der Waals surface area contributed by atoms with Crippen LogP contribution >= 0.6 is 0 Å². The first kappa shape index (κ1) is 13.2. The van der Waals surface area contributed by atoms with Crippen LogP contribution in [0, 0.1) is 5.92 Å². The number of carbonyl (C=O) groups is 1. The van der Waals surface area contributed by atoms with Gasteiger partial charge >= 0.3 is 0 Å². The predicted octanol–water partition coefficient (Wildman–Crippen LogP) is 3.26. The number of azide groups is 1. The number of hydrogen-bond donors (Lipinski definition) is 0. The standard InChI is InChI=1S/C13H22N4O/c1-17(12-3-2-4-12)13(18)9-10-5-7-11(8-6-10)15-16-14/h10-12H,2-9H2,1H3. The van der Waals surface area contributed by atoms with Crippen molar-refractivity contribution in [2.45, 2.75) is 63.5 Å². The maximum absolute atomic E-state index is 12.1. The smallest absolute Gasteiger partial charge is 0.222 e. The lowest BCUT2D eigenvalue weighted by Gasteiger charge is -2.36. The highest BCUT2D eigenvalue weighted by Gasteiger charge is 2.28. The molecule has 0 aromatic carbocycles. The summed E-state index contributed by atoms with van der Waals surface area (Å²) >= 11 is 0. The Labute approximate surface area is 108 Å². The fourth-order valence-corrected chi connectivity index (χ4v) is 2.91. The van der Waals surface area contributed by atoms with Crippen molar-refractivity contribution >= 4 is 5.91 Å². The molecule has 100 valence electrons. The fourth-order valence-electron chi connectivity index (χ4n) is 2.91. The summed E-state index contributed by atoms with van der Waals surface area (Å²) in [6.07, 6.45) is 8.21.